The molecular weight excluding hydrogens is 448 g/mol. The number of hydrogen-bond acceptors (Lipinski definition) is 8. The second kappa shape index (κ2) is 8.27. The van der Waals surface area contributed by atoms with Crippen molar-refractivity contribution >= 4 is 33.5 Å². The molecule has 11 nitrogen and oxygen atoms in total. The molecule has 2 saturated heterocycles. The van der Waals surface area contributed by atoms with Crippen molar-refractivity contribution in [2.24, 2.45) is 11.8 Å². The lowest BCUT2D eigenvalue weighted by molar-refractivity contribution is -0.120. The molecule has 2 aliphatic heterocycles. The molecule has 12 heteroatoms. The molecule has 174 valence electrons. The summed E-state index contributed by atoms with van der Waals surface area (Å²) in [5.41, 5.74) is 3.19. The largest absolute Gasteiger partial charge is 0.352 e. The van der Waals surface area contributed by atoms with E-state index in [1.54, 1.807) is 29.7 Å². The van der Waals surface area contributed by atoms with E-state index >= 15 is 0 Å². The zero-order valence-corrected chi connectivity index (χ0v) is 18.5. The SMILES string of the molecule is O=C(Cc1ccc(N2CCCS2(=O)=O)cc1)NC1C2CN(c3ncc(C(=O)NO)cn3)CC21. The first kappa shape index (κ1) is 21.6. The van der Waals surface area contributed by atoms with Crippen LogP contribution in [-0.4, -0.2) is 66.8 Å². The summed E-state index contributed by atoms with van der Waals surface area (Å²) < 4.78 is 25.5. The number of fused-ring (bicyclic) bond motifs is 1. The number of carbonyl (C=O) groups excluding carboxylic acids is 2. The summed E-state index contributed by atoms with van der Waals surface area (Å²) in [4.78, 5) is 34.3. The van der Waals surface area contributed by atoms with E-state index in [9.17, 15) is 18.0 Å². The van der Waals surface area contributed by atoms with Gasteiger partial charge in [-0.1, -0.05) is 12.1 Å². The summed E-state index contributed by atoms with van der Waals surface area (Å²) in [5, 5.41) is 11.8. The van der Waals surface area contributed by atoms with Crippen molar-refractivity contribution in [3.63, 3.8) is 0 Å². The topological polar surface area (TPSA) is 145 Å². The van der Waals surface area contributed by atoms with E-state index in [1.807, 2.05) is 4.90 Å². The van der Waals surface area contributed by atoms with Crippen LogP contribution in [0, 0.1) is 11.8 Å². The monoisotopic (exact) mass is 472 g/mol. The number of anilines is 2. The highest BCUT2D eigenvalue weighted by Crippen LogP contribution is 2.46. The van der Waals surface area contributed by atoms with Crippen LogP contribution in [0.15, 0.2) is 36.7 Å². The van der Waals surface area contributed by atoms with Gasteiger partial charge in [-0.05, 0) is 24.1 Å². The van der Waals surface area contributed by atoms with Crippen molar-refractivity contribution in [3.8, 4) is 0 Å². The Hall–Kier alpha value is -3.25. The standard InChI is InChI=1S/C21H24N6O5S/c28-18(8-13-2-4-15(5-3-13)27-6-1-7-33(27,31)32)24-19-16-11-26(12-17(16)19)21-22-9-14(10-23-21)20(29)25-30/h2-5,9-10,16-17,19,30H,1,6-8,11-12H2,(H,24,28)(H,25,29). The second-order valence-electron chi connectivity index (χ2n) is 8.62. The summed E-state index contributed by atoms with van der Waals surface area (Å²) in [7, 11) is -3.21. The van der Waals surface area contributed by atoms with E-state index in [0.29, 0.717) is 36.4 Å². The third kappa shape index (κ3) is 4.23. The molecule has 5 rings (SSSR count). The van der Waals surface area contributed by atoms with Crippen LogP contribution >= 0.6 is 0 Å². The molecule has 3 fully saturated rings. The predicted molar refractivity (Wildman–Crippen MR) is 118 cm³/mol. The third-order valence-corrected chi connectivity index (χ3v) is 8.36. The van der Waals surface area contributed by atoms with Gasteiger partial charge in [-0.25, -0.2) is 23.9 Å². The first-order valence-electron chi connectivity index (χ1n) is 10.8. The Morgan fingerprint density at radius 3 is 2.33 bits per heavy atom. The lowest BCUT2D eigenvalue weighted by atomic mass is 10.1. The smallest absolute Gasteiger partial charge is 0.277 e. The average molecular weight is 473 g/mol. The molecule has 3 N–H and O–H groups in total. The molecule has 2 amide bonds. The molecule has 3 heterocycles. The first-order valence-corrected chi connectivity index (χ1v) is 12.4. The Balaban J connectivity index is 1.11. The van der Waals surface area contributed by atoms with Crippen LogP contribution < -0.4 is 20.0 Å². The van der Waals surface area contributed by atoms with Gasteiger partial charge in [0.25, 0.3) is 5.91 Å². The van der Waals surface area contributed by atoms with Crippen molar-refractivity contribution in [2.45, 2.75) is 18.9 Å². The molecule has 3 aliphatic rings. The minimum atomic E-state index is -3.21. The molecular formula is C21H24N6O5S. The van der Waals surface area contributed by atoms with Crippen LogP contribution in [0.5, 0.6) is 0 Å². The molecule has 2 atom stereocenters. The molecule has 1 aromatic heterocycles. The quantitative estimate of drug-likeness (QED) is 0.391. The molecule has 0 radical (unpaired) electrons. The van der Waals surface area contributed by atoms with Crippen LogP contribution in [0.2, 0.25) is 0 Å². The number of nitrogens with zero attached hydrogens (tertiary/aromatic N) is 4. The van der Waals surface area contributed by atoms with E-state index in [1.165, 1.54) is 16.7 Å². The number of sulfonamides is 1. The highest BCUT2D eigenvalue weighted by molar-refractivity contribution is 7.93. The van der Waals surface area contributed by atoms with Gasteiger partial charge in [0.2, 0.25) is 21.9 Å². The molecule has 1 saturated carbocycles. The number of benzene rings is 1. The summed E-state index contributed by atoms with van der Waals surface area (Å²) in [6.07, 6.45) is 3.60. The average Bonchev–Trinajstić information content (AvgIpc) is 3.13. The van der Waals surface area contributed by atoms with Crippen molar-refractivity contribution in [1.29, 1.82) is 0 Å². The van der Waals surface area contributed by atoms with Crippen LogP contribution in [-0.2, 0) is 21.2 Å². The normalized spacial score (nSPS) is 24.9. The van der Waals surface area contributed by atoms with Gasteiger partial charge < -0.3 is 10.2 Å². The van der Waals surface area contributed by atoms with Gasteiger partial charge in [-0.3, -0.25) is 19.1 Å². The minimum Gasteiger partial charge on any atom is -0.352 e. The molecule has 2 unspecified atom stereocenters. The lowest BCUT2D eigenvalue weighted by Crippen LogP contribution is -2.36. The summed E-state index contributed by atoms with van der Waals surface area (Å²) in [5.74, 6) is 0.641. The van der Waals surface area contributed by atoms with Gasteiger partial charge in [0, 0.05) is 49.9 Å². The van der Waals surface area contributed by atoms with Gasteiger partial charge in [0.1, 0.15) is 0 Å². The second-order valence-corrected chi connectivity index (χ2v) is 10.6. The van der Waals surface area contributed by atoms with E-state index in [2.05, 4.69) is 15.3 Å². The number of rotatable bonds is 6. The Bertz CT molecular complexity index is 1160. The lowest BCUT2D eigenvalue weighted by Gasteiger charge is -2.20. The molecule has 1 aliphatic carbocycles. The maximum absolute atomic E-state index is 12.5. The number of amides is 2. The number of hydrogen-bond donors (Lipinski definition) is 3. The van der Waals surface area contributed by atoms with E-state index in [-0.39, 0.29) is 29.7 Å². The molecule has 2 aromatic rings. The Labute approximate surface area is 190 Å². The van der Waals surface area contributed by atoms with Crippen LogP contribution in [0.1, 0.15) is 22.3 Å². The Morgan fingerprint density at radius 2 is 1.76 bits per heavy atom. The fourth-order valence-electron chi connectivity index (χ4n) is 4.70. The van der Waals surface area contributed by atoms with E-state index in [4.69, 9.17) is 5.21 Å². The maximum Gasteiger partial charge on any atom is 0.277 e. The Morgan fingerprint density at radius 1 is 1.09 bits per heavy atom. The van der Waals surface area contributed by atoms with Crippen molar-refractivity contribution in [3.05, 3.63) is 47.8 Å². The summed E-state index contributed by atoms with van der Waals surface area (Å²) in [6.45, 7) is 1.94. The van der Waals surface area contributed by atoms with Crippen LogP contribution in [0.3, 0.4) is 0 Å². The zero-order chi connectivity index (χ0) is 23.2. The molecule has 33 heavy (non-hydrogen) atoms. The number of nitrogens with one attached hydrogen (secondary N) is 2. The van der Waals surface area contributed by atoms with Crippen LogP contribution in [0.4, 0.5) is 11.6 Å². The van der Waals surface area contributed by atoms with Crippen LogP contribution in [0.25, 0.3) is 0 Å². The van der Waals surface area contributed by atoms with Gasteiger partial charge in [-0.15, -0.1) is 0 Å². The highest BCUT2D eigenvalue weighted by Gasteiger charge is 2.56. The van der Waals surface area contributed by atoms with Gasteiger partial charge in [-0.2, -0.15) is 0 Å². The maximum atomic E-state index is 12.5. The summed E-state index contributed by atoms with van der Waals surface area (Å²) in [6, 6.07) is 7.24. The minimum absolute atomic E-state index is 0.0573. The van der Waals surface area contributed by atoms with Crippen molar-refractivity contribution < 1.29 is 23.2 Å². The van der Waals surface area contributed by atoms with Crippen molar-refractivity contribution in [2.75, 3.05) is 34.6 Å². The van der Waals surface area contributed by atoms with Crippen molar-refractivity contribution in [1.82, 2.24) is 20.8 Å². The number of carbonyl (C=O) groups is 2. The molecule has 0 spiro atoms. The highest BCUT2D eigenvalue weighted by atomic mass is 32.2. The predicted octanol–water partition coefficient (Wildman–Crippen LogP) is -0.0710. The molecule has 1 aromatic carbocycles. The van der Waals surface area contributed by atoms with E-state index in [0.717, 1.165) is 18.7 Å². The molecule has 0 bridgehead atoms. The summed E-state index contributed by atoms with van der Waals surface area (Å²) >= 11 is 0. The third-order valence-electron chi connectivity index (χ3n) is 6.49. The fourth-order valence-corrected chi connectivity index (χ4v) is 6.27. The Kier molecular flexibility index (Phi) is 5.41. The number of hydroxylamine groups is 1. The number of aromatic nitrogens is 2. The van der Waals surface area contributed by atoms with Gasteiger partial charge in [0.15, 0.2) is 0 Å². The fraction of sp³-hybridized carbons (Fsp3) is 0.429. The first-order chi connectivity index (χ1) is 15.9. The number of piperidine rings is 1. The van der Waals surface area contributed by atoms with Gasteiger partial charge in [0.05, 0.1) is 23.4 Å². The van der Waals surface area contributed by atoms with E-state index < -0.39 is 15.9 Å². The zero-order valence-electron chi connectivity index (χ0n) is 17.7. The van der Waals surface area contributed by atoms with Gasteiger partial charge >= 0.3 is 0 Å².